The summed E-state index contributed by atoms with van der Waals surface area (Å²) in [5.41, 5.74) is 14.2. The summed E-state index contributed by atoms with van der Waals surface area (Å²) < 4.78 is 0. The van der Waals surface area contributed by atoms with E-state index in [1.54, 1.807) is 44.2 Å². The van der Waals surface area contributed by atoms with Crippen molar-refractivity contribution >= 4 is 17.5 Å². The maximum absolute atomic E-state index is 9.55. The van der Waals surface area contributed by atoms with Crippen molar-refractivity contribution in [2.75, 3.05) is 5.73 Å². The Bertz CT molecular complexity index is 416. The molecule has 0 heterocycles. The normalized spacial score (nSPS) is 12.9. The van der Waals surface area contributed by atoms with E-state index >= 15 is 0 Å². The Morgan fingerprint density at radius 1 is 1.40 bits per heavy atom. The van der Waals surface area contributed by atoms with Gasteiger partial charge < -0.3 is 16.6 Å². The third kappa shape index (κ3) is 2.77. The van der Waals surface area contributed by atoms with Crippen LogP contribution in [-0.4, -0.2) is 5.11 Å². The van der Waals surface area contributed by atoms with Crippen molar-refractivity contribution < 1.29 is 5.11 Å². The Kier molecular flexibility index (Phi) is 3.39. The molecule has 1 aromatic rings. The predicted molar refractivity (Wildman–Crippen MR) is 65.0 cm³/mol. The van der Waals surface area contributed by atoms with E-state index in [1.165, 1.54) is 0 Å². The van der Waals surface area contributed by atoms with Gasteiger partial charge in [-0.3, -0.25) is 0 Å². The highest BCUT2D eigenvalue weighted by molar-refractivity contribution is 5.71. The molecule has 0 saturated heterocycles. The molecule has 3 nitrogen and oxygen atoms in total. The van der Waals surface area contributed by atoms with Gasteiger partial charge in [0.05, 0.1) is 0 Å². The van der Waals surface area contributed by atoms with E-state index in [0.717, 1.165) is 11.1 Å². The summed E-state index contributed by atoms with van der Waals surface area (Å²) >= 11 is 0. The smallest absolute Gasteiger partial charge is 0.118 e. The molecule has 0 atom stereocenters. The van der Waals surface area contributed by atoms with Gasteiger partial charge in [0, 0.05) is 16.9 Å². The fraction of sp³-hybridized carbons (Fsp3) is 0.167. The van der Waals surface area contributed by atoms with Crippen molar-refractivity contribution in [3.8, 4) is 0 Å². The Morgan fingerprint density at radius 2 is 2.07 bits per heavy atom. The molecule has 1 rings (SSSR count). The molecule has 0 aromatic heterocycles. The second-order valence-electron chi connectivity index (χ2n) is 3.41. The van der Waals surface area contributed by atoms with Crippen LogP contribution in [0.5, 0.6) is 0 Å². The highest BCUT2D eigenvalue weighted by Crippen LogP contribution is 2.20. The van der Waals surface area contributed by atoms with E-state index in [-0.39, 0.29) is 5.76 Å². The summed E-state index contributed by atoms with van der Waals surface area (Å²) in [6, 6.07) is 5.33. The van der Waals surface area contributed by atoms with Gasteiger partial charge in [0.25, 0.3) is 0 Å². The number of hydrogen-bond donors (Lipinski definition) is 3. The third-order valence-electron chi connectivity index (χ3n) is 2.04. The molecule has 0 unspecified atom stereocenters. The number of nitrogens with two attached hydrogens (primary N) is 2. The summed E-state index contributed by atoms with van der Waals surface area (Å²) in [4.78, 5) is 0. The number of anilines is 1. The van der Waals surface area contributed by atoms with E-state index in [0.29, 0.717) is 11.4 Å². The average molecular weight is 204 g/mol. The first-order valence-corrected chi connectivity index (χ1v) is 4.73. The fourth-order valence-corrected chi connectivity index (χ4v) is 1.27. The lowest BCUT2D eigenvalue weighted by Gasteiger charge is -2.05. The number of allylic oxidation sites excluding steroid dienone is 2. The number of benzene rings is 1. The largest absolute Gasteiger partial charge is 0.508 e. The van der Waals surface area contributed by atoms with Crippen LogP contribution in [-0.2, 0) is 0 Å². The minimum absolute atomic E-state index is 0.235. The number of aliphatic hydroxyl groups excluding tert-OH is 1. The van der Waals surface area contributed by atoms with Crippen LogP contribution in [0.2, 0.25) is 0 Å². The SMILES string of the molecule is C/C=C(\O)c1ccc(N)c(/C=C(/C)N)c1. The fourth-order valence-electron chi connectivity index (χ4n) is 1.27. The zero-order chi connectivity index (χ0) is 11.4. The number of nitrogen functional groups attached to an aromatic ring is 1. The molecule has 0 fully saturated rings. The molecule has 15 heavy (non-hydrogen) atoms. The predicted octanol–water partition coefficient (Wildman–Crippen LogP) is 2.51. The first kappa shape index (κ1) is 11.2. The Labute approximate surface area is 89.7 Å². The topological polar surface area (TPSA) is 72.3 Å². The van der Waals surface area contributed by atoms with E-state index < -0.39 is 0 Å². The van der Waals surface area contributed by atoms with E-state index in [4.69, 9.17) is 11.5 Å². The van der Waals surface area contributed by atoms with E-state index in [1.807, 2.05) is 0 Å². The molecule has 0 radical (unpaired) electrons. The van der Waals surface area contributed by atoms with Crippen molar-refractivity contribution in [2.24, 2.45) is 5.73 Å². The molecular weight excluding hydrogens is 188 g/mol. The van der Waals surface area contributed by atoms with Crippen LogP contribution in [0, 0.1) is 0 Å². The molecule has 1 aromatic carbocycles. The second-order valence-corrected chi connectivity index (χ2v) is 3.41. The van der Waals surface area contributed by atoms with E-state index in [2.05, 4.69) is 0 Å². The van der Waals surface area contributed by atoms with Crippen LogP contribution in [0.4, 0.5) is 5.69 Å². The highest BCUT2D eigenvalue weighted by Gasteiger charge is 2.01. The molecule has 0 saturated carbocycles. The number of rotatable bonds is 2. The van der Waals surface area contributed by atoms with E-state index in [9.17, 15) is 5.11 Å². The standard InChI is InChI=1S/C12H16N2O/c1-3-12(15)9-4-5-11(14)10(7-9)6-8(2)13/h3-7,15H,13-14H2,1-2H3/b8-6-,12-3-. The van der Waals surface area contributed by atoms with Gasteiger partial charge in [0.15, 0.2) is 0 Å². The molecule has 0 amide bonds. The lowest BCUT2D eigenvalue weighted by atomic mass is 10.1. The Hall–Kier alpha value is -1.90. The van der Waals surface area contributed by atoms with Crippen molar-refractivity contribution in [2.45, 2.75) is 13.8 Å². The van der Waals surface area contributed by atoms with Crippen molar-refractivity contribution in [3.05, 3.63) is 41.1 Å². The third-order valence-corrected chi connectivity index (χ3v) is 2.04. The maximum atomic E-state index is 9.55. The first-order valence-electron chi connectivity index (χ1n) is 4.73. The number of aliphatic hydroxyl groups is 1. The highest BCUT2D eigenvalue weighted by atomic mass is 16.3. The van der Waals surface area contributed by atoms with Crippen LogP contribution >= 0.6 is 0 Å². The van der Waals surface area contributed by atoms with Crippen LogP contribution in [0.3, 0.4) is 0 Å². The molecule has 80 valence electrons. The van der Waals surface area contributed by atoms with Gasteiger partial charge in [-0.1, -0.05) is 0 Å². The summed E-state index contributed by atoms with van der Waals surface area (Å²) in [6.07, 6.45) is 3.41. The monoisotopic (exact) mass is 204 g/mol. The van der Waals surface area contributed by atoms with Gasteiger partial charge in [-0.05, 0) is 49.8 Å². The minimum Gasteiger partial charge on any atom is -0.508 e. The van der Waals surface area contributed by atoms with Crippen molar-refractivity contribution in [3.63, 3.8) is 0 Å². The summed E-state index contributed by atoms with van der Waals surface area (Å²) in [5, 5.41) is 9.55. The zero-order valence-corrected chi connectivity index (χ0v) is 8.99. The van der Waals surface area contributed by atoms with Gasteiger partial charge in [0.1, 0.15) is 5.76 Å². The molecule has 0 bridgehead atoms. The van der Waals surface area contributed by atoms with Gasteiger partial charge in [0.2, 0.25) is 0 Å². The maximum Gasteiger partial charge on any atom is 0.118 e. The van der Waals surface area contributed by atoms with Gasteiger partial charge in [-0.2, -0.15) is 0 Å². The molecular formula is C12H16N2O. The second kappa shape index (κ2) is 4.55. The summed E-state index contributed by atoms with van der Waals surface area (Å²) in [5.74, 6) is 0.235. The van der Waals surface area contributed by atoms with Crippen molar-refractivity contribution in [1.29, 1.82) is 0 Å². The molecule has 0 spiro atoms. The Balaban J connectivity index is 3.23. The average Bonchev–Trinajstić information content (AvgIpc) is 2.19. The minimum atomic E-state index is 0.235. The molecule has 0 aliphatic carbocycles. The first-order chi connectivity index (χ1) is 7.04. The molecule has 0 aliphatic rings. The zero-order valence-electron chi connectivity index (χ0n) is 8.99. The van der Waals surface area contributed by atoms with Gasteiger partial charge in [-0.15, -0.1) is 0 Å². The van der Waals surface area contributed by atoms with Crippen LogP contribution in [0.25, 0.3) is 11.8 Å². The van der Waals surface area contributed by atoms with Crippen LogP contribution < -0.4 is 11.5 Å². The molecule has 0 aliphatic heterocycles. The Morgan fingerprint density at radius 3 is 2.60 bits per heavy atom. The molecule has 3 heteroatoms. The van der Waals surface area contributed by atoms with Crippen LogP contribution in [0.15, 0.2) is 30.0 Å². The quantitative estimate of drug-likeness (QED) is 0.512. The lowest BCUT2D eigenvalue weighted by molar-refractivity contribution is 0.511. The van der Waals surface area contributed by atoms with Crippen LogP contribution in [0.1, 0.15) is 25.0 Å². The number of hydrogen-bond acceptors (Lipinski definition) is 3. The van der Waals surface area contributed by atoms with Gasteiger partial charge in [-0.25, -0.2) is 0 Å². The van der Waals surface area contributed by atoms with Crippen molar-refractivity contribution in [1.82, 2.24) is 0 Å². The summed E-state index contributed by atoms with van der Waals surface area (Å²) in [6.45, 7) is 3.57. The van der Waals surface area contributed by atoms with Gasteiger partial charge >= 0.3 is 0 Å². The summed E-state index contributed by atoms with van der Waals surface area (Å²) in [7, 11) is 0. The molecule has 5 N–H and O–H groups in total. The lowest BCUT2D eigenvalue weighted by Crippen LogP contribution is -1.95.